The molecule has 2 unspecified atom stereocenters. The van der Waals surface area contributed by atoms with Crippen LogP contribution in [0, 0.1) is 0 Å². The van der Waals surface area contributed by atoms with E-state index in [2.05, 4.69) is 27.2 Å². The highest BCUT2D eigenvalue weighted by molar-refractivity contribution is 5.13. The summed E-state index contributed by atoms with van der Waals surface area (Å²) in [5, 5.41) is 3.72. The van der Waals surface area contributed by atoms with Crippen LogP contribution in [0.2, 0.25) is 0 Å². The Hall–Kier alpha value is -1.01. The molecule has 0 radical (unpaired) electrons. The molecule has 98 valence electrons. The molecule has 3 heterocycles. The van der Waals surface area contributed by atoms with Crippen molar-refractivity contribution in [1.29, 1.82) is 0 Å². The van der Waals surface area contributed by atoms with E-state index in [4.69, 9.17) is 4.74 Å². The van der Waals surface area contributed by atoms with Gasteiger partial charge in [0, 0.05) is 38.0 Å². The lowest BCUT2D eigenvalue weighted by atomic mass is 10.0. The van der Waals surface area contributed by atoms with Crippen LogP contribution in [0.3, 0.4) is 0 Å². The Labute approximate surface area is 107 Å². The van der Waals surface area contributed by atoms with E-state index in [0.29, 0.717) is 12.1 Å². The van der Waals surface area contributed by atoms with Crippen LogP contribution in [-0.2, 0) is 4.74 Å². The zero-order valence-electron chi connectivity index (χ0n) is 10.4. The minimum absolute atomic E-state index is 0.244. The summed E-state index contributed by atoms with van der Waals surface area (Å²) in [6.07, 6.45) is 4.05. The van der Waals surface area contributed by atoms with Gasteiger partial charge in [0.25, 0.3) is 0 Å². The van der Waals surface area contributed by atoms with E-state index in [-0.39, 0.29) is 6.04 Å². The number of hydrogen-bond acceptors (Lipinski definition) is 5. The highest BCUT2D eigenvalue weighted by Crippen LogP contribution is 2.19. The van der Waals surface area contributed by atoms with Crippen molar-refractivity contribution in [1.82, 2.24) is 21.2 Å². The van der Waals surface area contributed by atoms with E-state index < -0.39 is 0 Å². The Kier molecular flexibility index (Phi) is 3.85. The molecule has 2 fully saturated rings. The van der Waals surface area contributed by atoms with E-state index in [9.17, 15) is 0 Å². The van der Waals surface area contributed by atoms with E-state index in [1.54, 1.807) is 0 Å². The number of nitrogens with zero attached hydrogens (tertiary/aromatic N) is 1. The summed E-state index contributed by atoms with van der Waals surface area (Å²) >= 11 is 0. The topological polar surface area (TPSA) is 58.2 Å². The molecule has 0 aromatic carbocycles. The molecule has 0 aliphatic carbocycles. The van der Waals surface area contributed by atoms with E-state index in [1.807, 2.05) is 18.3 Å². The summed E-state index contributed by atoms with van der Waals surface area (Å²) in [5.41, 5.74) is 7.62. The van der Waals surface area contributed by atoms with Gasteiger partial charge < -0.3 is 10.1 Å². The SMILES string of the molecule is c1ccc(C2NNCC2NC2CCOCC2)nc1. The van der Waals surface area contributed by atoms with Crippen molar-refractivity contribution in [3.05, 3.63) is 30.1 Å². The number of rotatable bonds is 3. The van der Waals surface area contributed by atoms with Gasteiger partial charge in [-0.1, -0.05) is 6.07 Å². The van der Waals surface area contributed by atoms with Crippen molar-refractivity contribution in [3.63, 3.8) is 0 Å². The maximum atomic E-state index is 5.39. The zero-order chi connectivity index (χ0) is 12.2. The van der Waals surface area contributed by atoms with Gasteiger partial charge in [-0.15, -0.1) is 0 Å². The fourth-order valence-corrected chi connectivity index (χ4v) is 2.66. The molecule has 18 heavy (non-hydrogen) atoms. The smallest absolute Gasteiger partial charge is 0.0800 e. The van der Waals surface area contributed by atoms with Gasteiger partial charge in [0.2, 0.25) is 0 Å². The molecule has 0 amide bonds. The zero-order valence-corrected chi connectivity index (χ0v) is 10.4. The lowest BCUT2D eigenvalue weighted by molar-refractivity contribution is 0.0747. The van der Waals surface area contributed by atoms with Crippen molar-refractivity contribution >= 4 is 0 Å². The van der Waals surface area contributed by atoms with Gasteiger partial charge in [-0.2, -0.15) is 0 Å². The molecular formula is C13H20N4O. The Balaban J connectivity index is 1.64. The number of hydrogen-bond donors (Lipinski definition) is 3. The number of nitrogens with one attached hydrogen (secondary N) is 3. The number of aromatic nitrogens is 1. The number of hydrazine groups is 1. The molecule has 3 rings (SSSR count). The molecule has 2 saturated heterocycles. The Bertz CT molecular complexity index is 367. The second-order valence-electron chi connectivity index (χ2n) is 4.92. The van der Waals surface area contributed by atoms with E-state index in [0.717, 1.165) is 38.3 Å². The molecule has 5 nitrogen and oxygen atoms in total. The van der Waals surface area contributed by atoms with Gasteiger partial charge in [-0.3, -0.25) is 10.4 Å². The average Bonchev–Trinajstić information content (AvgIpc) is 2.89. The fraction of sp³-hybridized carbons (Fsp3) is 0.615. The standard InChI is InChI=1S/C13H20N4O/c1-2-6-14-11(3-1)13-12(9-15-17-13)16-10-4-7-18-8-5-10/h1-3,6,10,12-13,15-17H,4-5,7-9H2. The Morgan fingerprint density at radius 2 is 2.17 bits per heavy atom. The van der Waals surface area contributed by atoms with Crippen LogP contribution in [0.25, 0.3) is 0 Å². The molecule has 2 atom stereocenters. The molecular weight excluding hydrogens is 228 g/mol. The maximum Gasteiger partial charge on any atom is 0.0800 e. The quantitative estimate of drug-likeness (QED) is 0.721. The average molecular weight is 248 g/mol. The van der Waals surface area contributed by atoms with Gasteiger partial charge in [0.1, 0.15) is 0 Å². The highest BCUT2D eigenvalue weighted by atomic mass is 16.5. The fourth-order valence-electron chi connectivity index (χ4n) is 2.66. The molecule has 0 saturated carbocycles. The maximum absolute atomic E-state index is 5.39. The second kappa shape index (κ2) is 5.75. The third kappa shape index (κ3) is 2.70. The molecule has 2 aliphatic rings. The molecule has 0 bridgehead atoms. The first-order valence-corrected chi connectivity index (χ1v) is 6.66. The van der Waals surface area contributed by atoms with Crippen LogP contribution in [0.1, 0.15) is 24.6 Å². The largest absolute Gasteiger partial charge is 0.381 e. The molecule has 1 aromatic rings. The monoisotopic (exact) mass is 248 g/mol. The third-order valence-electron chi connectivity index (χ3n) is 3.66. The first kappa shape index (κ1) is 12.0. The lowest BCUT2D eigenvalue weighted by Crippen LogP contribution is -2.45. The molecule has 2 aliphatic heterocycles. The van der Waals surface area contributed by atoms with Crippen molar-refractivity contribution in [2.45, 2.75) is 31.0 Å². The lowest BCUT2D eigenvalue weighted by Gasteiger charge is -2.28. The molecule has 0 spiro atoms. The van der Waals surface area contributed by atoms with Crippen LogP contribution in [-0.4, -0.2) is 36.8 Å². The molecule has 1 aromatic heterocycles. The van der Waals surface area contributed by atoms with Crippen molar-refractivity contribution in [2.75, 3.05) is 19.8 Å². The summed E-state index contributed by atoms with van der Waals surface area (Å²) < 4.78 is 5.39. The van der Waals surface area contributed by atoms with Crippen molar-refractivity contribution in [3.8, 4) is 0 Å². The molecule has 5 heteroatoms. The van der Waals surface area contributed by atoms with Crippen LogP contribution >= 0.6 is 0 Å². The van der Waals surface area contributed by atoms with Crippen LogP contribution < -0.4 is 16.2 Å². The third-order valence-corrected chi connectivity index (χ3v) is 3.66. The summed E-state index contributed by atoms with van der Waals surface area (Å²) in [7, 11) is 0. The summed E-state index contributed by atoms with van der Waals surface area (Å²) in [6, 6.07) is 7.26. The minimum Gasteiger partial charge on any atom is -0.381 e. The minimum atomic E-state index is 0.244. The Morgan fingerprint density at radius 3 is 2.94 bits per heavy atom. The van der Waals surface area contributed by atoms with Crippen molar-refractivity contribution < 1.29 is 4.74 Å². The summed E-state index contributed by atoms with van der Waals surface area (Å²) in [5.74, 6) is 0. The highest BCUT2D eigenvalue weighted by Gasteiger charge is 2.31. The van der Waals surface area contributed by atoms with E-state index in [1.165, 1.54) is 0 Å². The number of ether oxygens (including phenoxy) is 1. The van der Waals surface area contributed by atoms with Crippen LogP contribution in [0.5, 0.6) is 0 Å². The van der Waals surface area contributed by atoms with Crippen LogP contribution in [0.15, 0.2) is 24.4 Å². The normalized spacial score (nSPS) is 29.6. The first-order chi connectivity index (χ1) is 8.93. The first-order valence-electron chi connectivity index (χ1n) is 6.66. The van der Waals surface area contributed by atoms with Gasteiger partial charge in [-0.05, 0) is 25.0 Å². The van der Waals surface area contributed by atoms with Gasteiger partial charge in [0.05, 0.1) is 11.7 Å². The predicted molar refractivity (Wildman–Crippen MR) is 68.9 cm³/mol. The van der Waals surface area contributed by atoms with Gasteiger partial charge in [0.15, 0.2) is 0 Å². The van der Waals surface area contributed by atoms with Gasteiger partial charge in [-0.25, -0.2) is 5.43 Å². The predicted octanol–water partition coefficient (Wildman–Crippen LogP) is 0.368. The molecule has 3 N–H and O–H groups in total. The summed E-state index contributed by atoms with van der Waals surface area (Å²) in [6.45, 7) is 2.68. The number of pyridine rings is 1. The van der Waals surface area contributed by atoms with Gasteiger partial charge >= 0.3 is 0 Å². The van der Waals surface area contributed by atoms with E-state index >= 15 is 0 Å². The van der Waals surface area contributed by atoms with Crippen molar-refractivity contribution in [2.24, 2.45) is 0 Å². The second-order valence-corrected chi connectivity index (χ2v) is 4.92. The Morgan fingerprint density at radius 1 is 1.28 bits per heavy atom. The summed E-state index contributed by atoms with van der Waals surface area (Å²) in [4.78, 5) is 4.44. The van der Waals surface area contributed by atoms with Crippen LogP contribution in [0.4, 0.5) is 0 Å².